The van der Waals surface area contributed by atoms with E-state index in [9.17, 15) is 19.3 Å². The van der Waals surface area contributed by atoms with Gasteiger partial charge in [0, 0.05) is 23.5 Å². The highest BCUT2D eigenvalue weighted by Gasteiger charge is 2.15. The lowest BCUT2D eigenvalue weighted by Gasteiger charge is -2.06. The summed E-state index contributed by atoms with van der Waals surface area (Å²) in [7, 11) is 0. The van der Waals surface area contributed by atoms with Crippen molar-refractivity contribution in [3.63, 3.8) is 0 Å². The van der Waals surface area contributed by atoms with E-state index < -0.39 is 16.6 Å². The Morgan fingerprint density at radius 3 is 2.80 bits per heavy atom. The van der Waals surface area contributed by atoms with Crippen molar-refractivity contribution in [2.75, 3.05) is 5.32 Å². The van der Waals surface area contributed by atoms with Crippen LogP contribution in [-0.4, -0.2) is 15.8 Å². The molecule has 1 aromatic carbocycles. The molecule has 0 aliphatic rings. The number of aryl methyl sites for hydroxylation is 1. The Kier molecular flexibility index (Phi) is 3.69. The molecule has 7 heteroatoms. The SMILES string of the molecule is Cc1ccc(NC(=O)c2ccncc2F)cc1[N+](=O)[O-]. The Hall–Kier alpha value is -2.83. The van der Waals surface area contributed by atoms with Gasteiger partial charge in [0.1, 0.15) is 0 Å². The van der Waals surface area contributed by atoms with Gasteiger partial charge in [-0.3, -0.25) is 19.9 Å². The van der Waals surface area contributed by atoms with E-state index in [-0.39, 0.29) is 16.9 Å². The third-order valence-corrected chi connectivity index (χ3v) is 2.68. The zero-order valence-corrected chi connectivity index (χ0v) is 10.5. The van der Waals surface area contributed by atoms with Crippen molar-refractivity contribution in [2.24, 2.45) is 0 Å². The van der Waals surface area contributed by atoms with Gasteiger partial charge in [-0.15, -0.1) is 0 Å². The molecule has 1 N–H and O–H groups in total. The minimum Gasteiger partial charge on any atom is -0.322 e. The van der Waals surface area contributed by atoms with E-state index >= 15 is 0 Å². The summed E-state index contributed by atoms with van der Waals surface area (Å²) in [5.74, 6) is -1.45. The first-order chi connectivity index (χ1) is 9.49. The van der Waals surface area contributed by atoms with Crippen LogP contribution in [0.3, 0.4) is 0 Å². The van der Waals surface area contributed by atoms with E-state index in [0.717, 1.165) is 6.20 Å². The van der Waals surface area contributed by atoms with E-state index in [1.165, 1.54) is 30.5 Å². The molecule has 1 heterocycles. The average molecular weight is 275 g/mol. The maximum Gasteiger partial charge on any atom is 0.274 e. The van der Waals surface area contributed by atoms with Gasteiger partial charge in [0.05, 0.1) is 16.7 Å². The van der Waals surface area contributed by atoms with Gasteiger partial charge in [-0.25, -0.2) is 4.39 Å². The summed E-state index contributed by atoms with van der Waals surface area (Å²) in [4.78, 5) is 25.7. The Labute approximate surface area is 113 Å². The van der Waals surface area contributed by atoms with Crippen LogP contribution in [0.4, 0.5) is 15.8 Å². The van der Waals surface area contributed by atoms with Gasteiger partial charge in [0.2, 0.25) is 0 Å². The number of aromatic nitrogens is 1. The van der Waals surface area contributed by atoms with Gasteiger partial charge in [-0.2, -0.15) is 0 Å². The van der Waals surface area contributed by atoms with E-state index in [0.29, 0.717) is 5.56 Å². The van der Waals surface area contributed by atoms with Crippen molar-refractivity contribution >= 4 is 17.3 Å². The number of amides is 1. The molecule has 1 aromatic heterocycles. The summed E-state index contributed by atoms with van der Waals surface area (Å²) in [6.07, 6.45) is 2.21. The van der Waals surface area contributed by atoms with Gasteiger partial charge >= 0.3 is 0 Å². The monoisotopic (exact) mass is 275 g/mol. The van der Waals surface area contributed by atoms with Crippen LogP contribution >= 0.6 is 0 Å². The summed E-state index contributed by atoms with van der Waals surface area (Å²) in [5.41, 5.74) is 0.410. The number of pyridine rings is 1. The van der Waals surface area contributed by atoms with Gasteiger partial charge in [0.15, 0.2) is 5.82 Å². The smallest absolute Gasteiger partial charge is 0.274 e. The second-order valence-electron chi connectivity index (χ2n) is 4.07. The van der Waals surface area contributed by atoms with Crippen LogP contribution < -0.4 is 5.32 Å². The third-order valence-electron chi connectivity index (χ3n) is 2.68. The van der Waals surface area contributed by atoms with E-state index in [2.05, 4.69) is 10.3 Å². The number of hydrogen-bond donors (Lipinski definition) is 1. The maximum absolute atomic E-state index is 13.4. The first kappa shape index (κ1) is 13.6. The molecule has 0 saturated carbocycles. The van der Waals surface area contributed by atoms with Crippen molar-refractivity contribution in [2.45, 2.75) is 6.92 Å². The van der Waals surface area contributed by atoms with Gasteiger partial charge in [-0.05, 0) is 19.1 Å². The summed E-state index contributed by atoms with van der Waals surface area (Å²) in [5, 5.41) is 13.2. The number of nitro benzene ring substituents is 1. The average Bonchev–Trinajstić information content (AvgIpc) is 2.41. The number of rotatable bonds is 3. The molecule has 6 nitrogen and oxygen atoms in total. The highest BCUT2D eigenvalue weighted by molar-refractivity contribution is 6.04. The quantitative estimate of drug-likeness (QED) is 0.689. The Morgan fingerprint density at radius 2 is 2.15 bits per heavy atom. The predicted molar refractivity (Wildman–Crippen MR) is 70.0 cm³/mol. The number of carbonyl (C=O) groups is 1. The second-order valence-corrected chi connectivity index (χ2v) is 4.07. The molecule has 20 heavy (non-hydrogen) atoms. The topological polar surface area (TPSA) is 85.1 Å². The van der Waals surface area contributed by atoms with Crippen LogP contribution in [0.2, 0.25) is 0 Å². The minimum absolute atomic E-state index is 0.113. The van der Waals surface area contributed by atoms with Gasteiger partial charge < -0.3 is 5.32 Å². The molecule has 0 saturated heterocycles. The maximum atomic E-state index is 13.4. The summed E-state index contributed by atoms with van der Waals surface area (Å²) >= 11 is 0. The largest absolute Gasteiger partial charge is 0.322 e. The molecule has 0 atom stereocenters. The Bertz CT molecular complexity index is 688. The number of nitrogens with one attached hydrogen (secondary N) is 1. The van der Waals surface area contributed by atoms with Crippen molar-refractivity contribution < 1.29 is 14.1 Å². The fraction of sp³-hybridized carbons (Fsp3) is 0.0769. The third kappa shape index (κ3) is 2.77. The van der Waals surface area contributed by atoms with Crippen LogP contribution in [-0.2, 0) is 0 Å². The molecular weight excluding hydrogens is 265 g/mol. The van der Waals surface area contributed by atoms with Gasteiger partial charge in [0.25, 0.3) is 11.6 Å². The molecular formula is C13H10FN3O3. The van der Waals surface area contributed by atoms with Crippen molar-refractivity contribution in [3.05, 3.63) is 63.7 Å². The van der Waals surface area contributed by atoms with Crippen molar-refractivity contribution in [1.82, 2.24) is 4.98 Å². The second kappa shape index (κ2) is 5.43. The van der Waals surface area contributed by atoms with Gasteiger partial charge in [-0.1, -0.05) is 6.07 Å². The number of carbonyl (C=O) groups excluding carboxylic acids is 1. The lowest BCUT2D eigenvalue weighted by molar-refractivity contribution is -0.385. The van der Waals surface area contributed by atoms with Crippen molar-refractivity contribution in [3.8, 4) is 0 Å². The number of halogens is 1. The fourth-order valence-corrected chi connectivity index (χ4v) is 1.64. The normalized spacial score (nSPS) is 10.1. The molecule has 0 radical (unpaired) electrons. The molecule has 0 unspecified atom stereocenters. The molecule has 2 aromatic rings. The predicted octanol–water partition coefficient (Wildman–Crippen LogP) is 2.69. The van der Waals surface area contributed by atoms with E-state index in [1.807, 2.05) is 0 Å². The molecule has 102 valence electrons. The number of hydrogen-bond acceptors (Lipinski definition) is 4. The van der Waals surface area contributed by atoms with Crippen LogP contribution in [0, 0.1) is 22.9 Å². The van der Waals surface area contributed by atoms with Crippen LogP contribution in [0.15, 0.2) is 36.7 Å². The van der Waals surface area contributed by atoms with Crippen molar-refractivity contribution in [1.29, 1.82) is 0 Å². The van der Waals surface area contributed by atoms with Crippen LogP contribution in [0.5, 0.6) is 0 Å². The highest BCUT2D eigenvalue weighted by Crippen LogP contribution is 2.22. The van der Waals surface area contributed by atoms with E-state index in [1.54, 1.807) is 6.92 Å². The Balaban J connectivity index is 2.27. The first-order valence-electron chi connectivity index (χ1n) is 5.65. The molecule has 1 amide bonds. The summed E-state index contributed by atoms with van der Waals surface area (Å²) in [6, 6.07) is 5.48. The molecule has 2 rings (SSSR count). The number of benzene rings is 1. The Morgan fingerprint density at radius 1 is 1.40 bits per heavy atom. The fourth-order valence-electron chi connectivity index (χ4n) is 1.64. The minimum atomic E-state index is -0.758. The lowest BCUT2D eigenvalue weighted by Crippen LogP contribution is -2.14. The number of nitrogens with zero attached hydrogens (tertiary/aromatic N) is 2. The van der Waals surface area contributed by atoms with Crippen LogP contribution in [0.1, 0.15) is 15.9 Å². The number of anilines is 1. The zero-order chi connectivity index (χ0) is 14.7. The summed E-state index contributed by atoms with van der Waals surface area (Å²) in [6.45, 7) is 1.59. The first-order valence-corrected chi connectivity index (χ1v) is 5.65. The molecule has 0 fully saturated rings. The summed E-state index contributed by atoms with van der Waals surface area (Å²) < 4.78 is 13.4. The molecule has 0 bridgehead atoms. The molecule has 0 spiro atoms. The lowest BCUT2D eigenvalue weighted by atomic mass is 10.1. The van der Waals surface area contributed by atoms with Crippen LogP contribution in [0.25, 0.3) is 0 Å². The highest BCUT2D eigenvalue weighted by atomic mass is 19.1. The zero-order valence-electron chi connectivity index (χ0n) is 10.5. The standard InChI is InChI=1S/C13H10FN3O3/c1-8-2-3-9(6-12(8)17(19)20)16-13(18)10-4-5-15-7-11(10)14/h2-7H,1H3,(H,16,18). The van der Waals surface area contributed by atoms with E-state index in [4.69, 9.17) is 0 Å². The molecule has 0 aliphatic carbocycles. The molecule has 0 aliphatic heterocycles. The number of nitro groups is 1.